The number of H-pyrrole nitrogens is 1. The topological polar surface area (TPSA) is 91.1 Å². The molecule has 3 aromatic carbocycles. The van der Waals surface area contributed by atoms with Crippen molar-refractivity contribution in [3.63, 3.8) is 0 Å². The Morgan fingerprint density at radius 3 is 2.38 bits per heavy atom. The third-order valence-corrected chi connectivity index (χ3v) is 6.30. The van der Waals surface area contributed by atoms with E-state index in [4.69, 9.17) is 0 Å². The van der Waals surface area contributed by atoms with Crippen molar-refractivity contribution >= 4 is 38.2 Å². The normalized spacial score (nSPS) is 11.4. The van der Waals surface area contributed by atoms with Gasteiger partial charge in [0.2, 0.25) is 5.91 Å². The fraction of sp³-hybridized carbons (Fsp3) is 0.0870. The number of para-hydroxylation sites is 1. The number of rotatable bonds is 7. The summed E-state index contributed by atoms with van der Waals surface area (Å²) in [5.41, 5.74) is 2.79. The van der Waals surface area contributed by atoms with Gasteiger partial charge in [0.05, 0.1) is 4.90 Å². The maximum Gasteiger partial charge on any atom is 0.261 e. The Labute approximate surface area is 183 Å². The second kappa shape index (κ2) is 8.80. The molecule has 1 heterocycles. The van der Waals surface area contributed by atoms with Gasteiger partial charge in [0, 0.05) is 34.9 Å². The number of amides is 1. The van der Waals surface area contributed by atoms with Gasteiger partial charge in [0.1, 0.15) is 0 Å². The zero-order valence-corrected chi connectivity index (χ0v) is 17.5. The molecule has 1 aromatic heterocycles. The van der Waals surface area contributed by atoms with Gasteiger partial charge in [0.25, 0.3) is 10.0 Å². The van der Waals surface area contributed by atoms with Crippen LogP contribution in [0.1, 0.15) is 12.0 Å². The first-order valence-corrected chi connectivity index (χ1v) is 11.2. The van der Waals surface area contributed by atoms with Crippen LogP contribution in [0.4, 0.5) is 20.2 Å². The summed E-state index contributed by atoms with van der Waals surface area (Å²) in [7, 11) is -4.09. The van der Waals surface area contributed by atoms with Gasteiger partial charge >= 0.3 is 0 Å². The van der Waals surface area contributed by atoms with Gasteiger partial charge in [-0.1, -0.05) is 18.2 Å². The molecule has 6 nitrogen and oxygen atoms in total. The SMILES string of the molecule is O=C(CCc1c[nH]c2ccccc12)Nc1ccc(NS(=O)(=O)c2ccc(F)c(F)c2)cc1. The lowest BCUT2D eigenvalue weighted by Gasteiger charge is -2.10. The molecule has 0 fully saturated rings. The Kier molecular flexibility index (Phi) is 5.91. The molecule has 3 N–H and O–H groups in total. The number of sulfonamides is 1. The molecule has 32 heavy (non-hydrogen) atoms. The van der Waals surface area contributed by atoms with E-state index in [1.807, 2.05) is 30.5 Å². The van der Waals surface area contributed by atoms with Gasteiger partial charge in [0.15, 0.2) is 11.6 Å². The monoisotopic (exact) mass is 455 g/mol. The number of aromatic nitrogens is 1. The van der Waals surface area contributed by atoms with Crippen LogP contribution in [-0.4, -0.2) is 19.3 Å². The van der Waals surface area contributed by atoms with Gasteiger partial charge in [-0.25, -0.2) is 17.2 Å². The van der Waals surface area contributed by atoms with E-state index >= 15 is 0 Å². The molecule has 0 saturated carbocycles. The van der Waals surface area contributed by atoms with E-state index in [9.17, 15) is 22.0 Å². The maximum atomic E-state index is 13.3. The molecule has 0 unspecified atom stereocenters. The van der Waals surface area contributed by atoms with Crippen LogP contribution >= 0.6 is 0 Å². The van der Waals surface area contributed by atoms with Crippen LogP contribution in [0.3, 0.4) is 0 Å². The molecule has 4 aromatic rings. The number of benzene rings is 3. The number of carbonyl (C=O) groups is 1. The number of hydrogen-bond donors (Lipinski definition) is 3. The van der Waals surface area contributed by atoms with Crippen molar-refractivity contribution < 1.29 is 22.0 Å². The van der Waals surface area contributed by atoms with Crippen LogP contribution in [-0.2, 0) is 21.2 Å². The molecule has 4 rings (SSSR count). The average molecular weight is 455 g/mol. The largest absolute Gasteiger partial charge is 0.361 e. The third-order valence-electron chi connectivity index (χ3n) is 4.92. The van der Waals surface area contributed by atoms with Crippen LogP contribution in [0.2, 0.25) is 0 Å². The number of fused-ring (bicyclic) bond motifs is 1. The Bertz CT molecular complexity index is 1380. The first-order valence-electron chi connectivity index (χ1n) is 9.74. The van der Waals surface area contributed by atoms with Gasteiger partial charge in [-0.2, -0.15) is 0 Å². The van der Waals surface area contributed by atoms with Crippen molar-refractivity contribution in [3.8, 4) is 0 Å². The van der Waals surface area contributed by atoms with Crippen molar-refractivity contribution in [3.05, 3.63) is 90.1 Å². The molecule has 0 aliphatic rings. The minimum absolute atomic E-state index is 0.176. The van der Waals surface area contributed by atoms with Gasteiger partial charge in [-0.3, -0.25) is 9.52 Å². The Morgan fingerprint density at radius 1 is 0.906 bits per heavy atom. The molecule has 164 valence electrons. The number of aryl methyl sites for hydroxylation is 1. The lowest BCUT2D eigenvalue weighted by molar-refractivity contribution is -0.116. The summed E-state index contributed by atoms with van der Waals surface area (Å²) in [5, 5.41) is 3.85. The lowest BCUT2D eigenvalue weighted by atomic mass is 10.1. The van der Waals surface area contributed by atoms with E-state index in [1.165, 1.54) is 12.1 Å². The van der Waals surface area contributed by atoms with Crippen LogP contribution < -0.4 is 10.0 Å². The first kappa shape index (κ1) is 21.5. The maximum absolute atomic E-state index is 13.3. The Hall–Kier alpha value is -3.72. The summed E-state index contributed by atoms with van der Waals surface area (Å²) >= 11 is 0. The van der Waals surface area contributed by atoms with E-state index in [1.54, 1.807) is 12.1 Å². The highest BCUT2D eigenvalue weighted by Crippen LogP contribution is 2.21. The number of halogens is 2. The molecule has 0 atom stereocenters. The van der Waals surface area contributed by atoms with Crippen molar-refractivity contribution in [1.82, 2.24) is 4.98 Å². The molecular formula is C23H19F2N3O3S. The minimum atomic E-state index is -4.09. The van der Waals surface area contributed by atoms with Crippen molar-refractivity contribution in [2.24, 2.45) is 0 Å². The fourth-order valence-corrected chi connectivity index (χ4v) is 4.36. The predicted octanol–water partition coefficient (Wildman–Crippen LogP) is 4.82. The van der Waals surface area contributed by atoms with E-state index in [2.05, 4.69) is 15.0 Å². The van der Waals surface area contributed by atoms with Crippen molar-refractivity contribution in [1.29, 1.82) is 0 Å². The second-order valence-corrected chi connectivity index (χ2v) is 8.85. The third kappa shape index (κ3) is 4.78. The van der Waals surface area contributed by atoms with Crippen LogP contribution in [0.25, 0.3) is 10.9 Å². The molecule has 0 saturated heterocycles. The second-order valence-electron chi connectivity index (χ2n) is 7.17. The summed E-state index contributed by atoms with van der Waals surface area (Å²) in [6.45, 7) is 0. The smallest absolute Gasteiger partial charge is 0.261 e. The average Bonchev–Trinajstić information content (AvgIpc) is 3.18. The highest BCUT2D eigenvalue weighted by Gasteiger charge is 2.17. The first-order chi connectivity index (χ1) is 15.3. The standard InChI is InChI=1S/C23H19F2N3O3S/c24-20-11-10-18(13-21(20)25)32(30,31)28-17-8-6-16(7-9-17)27-23(29)12-5-15-14-26-22-4-2-1-3-19(15)22/h1-4,6-11,13-14,26,28H,5,12H2,(H,27,29). The van der Waals surface area contributed by atoms with E-state index in [-0.39, 0.29) is 18.0 Å². The predicted molar refractivity (Wildman–Crippen MR) is 119 cm³/mol. The minimum Gasteiger partial charge on any atom is -0.361 e. The van der Waals surface area contributed by atoms with Crippen molar-refractivity contribution in [2.45, 2.75) is 17.7 Å². The van der Waals surface area contributed by atoms with Gasteiger partial charge in [-0.15, -0.1) is 0 Å². The molecule has 0 bridgehead atoms. The molecular weight excluding hydrogens is 436 g/mol. The summed E-state index contributed by atoms with van der Waals surface area (Å²) in [5.74, 6) is -2.56. The quantitative estimate of drug-likeness (QED) is 0.373. The molecule has 9 heteroatoms. The number of carbonyl (C=O) groups excluding carboxylic acids is 1. The molecule has 0 spiro atoms. The molecule has 0 radical (unpaired) electrons. The number of anilines is 2. The summed E-state index contributed by atoms with van der Waals surface area (Å²) in [4.78, 5) is 15.1. The number of aromatic amines is 1. The number of hydrogen-bond acceptors (Lipinski definition) is 3. The van der Waals surface area contributed by atoms with E-state index < -0.39 is 26.6 Å². The summed E-state index contributed by atoms with van der Waals surface area (Å²) < 4.78 is 53.4. The van der Waals surface area contributed by atoms with Crippen LogP contribution in [0.5, 0.6) is 0 Å². The zero-order chi connectivity index (χ0) is 22.7. The zero-order valence-electron chi connectivity index (χ0n) is 16.7. The van der Waals surface area contributed by atoms with Crippen molar-refractivity contribution in [2.75, 3.05) is 10.0 Å². The molecule has 0 aliphatic heterocycles. The summed E-state index contributed by atoms with van der Waals surface area (Å²) in [6, 6.07) is 16.2. The highest BCUT2D eigenvalue weighted by atomic mass is 32.2. The Balaban J connectivity index is 1.36. The molecule has 1 amide bonds. The lowest BCUT2D eigenvalue weighted by Crippen LogP contribution is -2.14. The summed E-state index contributed by atoms with van der Waals surface area (Å²) in [6.07, 6.45) is 2.75. The van der Waals surface area contributed by atoms with E-state index in [0.717, 1.165) is 28.6 Å². The van der Waals surface area contributed by atoms with Crippen LogP contribution in [0.15, 0.2) is 77.8 Å². The van der Waals surface area contributed by atoms with Gasteiger partial charge in [-0.05, 0) is 60.5 Å². The van der Waals surface area contributed by atoms with E-state index in [0.29, 0.717) is 18.2 Å². The highest BCUT2D eigenvalue weighted by molar-refractivity contribution is 7.92. The molecule has 0 aliphatic carbocycles. The van der Waals surface area contributed by atoms with Gasteiger partial charge < -0.3 is 10.3 Å². The Morgan fingerprint density at radius 2 is 1.62 bits per heavy atom. The fourth-order valence-electron chi connectivity index (χ4n) is 3.29. The van der Waals surface area contributed by atoms with Crippen LogP contribution in [0, 0.1) is 11.6 Å². The number of nitrogens with one attached hydrogen (secondary N) is 3.